The molecule has 0 unspecified atom stereocenters. The van der Waals surface area contributed by atoms with Crippen molar-refractivity contribution in [1.29, 1.82) is 0 Å². The molecule has 0 saturated heterocycles. The zero-order chi connectivity index (χ0) is 13.4. The van der Waals surface area contributed by atoms with Crippen molar-refractivity contribution in [3.8, 4) is 0 Å². The number of benzene rings is 1. The third-order valence-electron chi connectivity index (χ3n) is 1.99. The molecule has 1 aromatic carbocycles. The van der Waals surface area contributed by atoms with Gasteiger partial charge in [-0.3, -0.25) is 4.79 Å². The van der Waals surface area contributed by atoms with E-state index in [-0.39, 0.29) is 24.8 Å². The Morgan fingerprint density at radius 1 is 1.00 bits per heavy atom. The minimum atomic E-state index is -0.996. The van der Waals surface area contributed by atoms with Crippen molar-refractivity contribution in [2.75, 3.05) is 0 Å². The fourth-order valence-corrected chi connectivity index (χ4v) is 1.13. The van der Waals surface area contributed by atoms with Gasteiger partial charge in [0, 0.05) is 6.42 Å². The molecule has 1 rings (SSSR count). The minimum absolute atomic E-state index is 0.117. The van der Waals surface area contributed by atoms with Gasteiger partial charge in [-0.25, -0.2) is 19.4 Å². The summed E-state index contributed by atoms with van der Waals surface area (Å²) in [5, 5.41) is 8.36. The highest BCUT2D eigenvalue weighted by Gasteiger charge is 2.12. The molecule has 0 bridgehead atoms. The van der Waals surface area contributed by atoms with Crippen LogP contribution in [0.2, 0.25) is 0 Å². The second-order valence-corrected chi connectivity index (χ2v) is 3.44. The fourth-order valence-electron chi connectivity index (χ4n) is 1.13. The monoisotopic (exact) mass is 252 g/mol. The van der Waals surface area contributed by atoms with Crippen LogP contribution >= 0.6 is 0 Å². The molecule has 1 aromatic rings. The van der Waals surface area contributed by atoms with Crippen LogP contribution in [0.15, 0.2) is 30.3 Å². The van der Waals surface area contributed by atoms with Crippen LogP contribution in [0.3, 0.4) is 0 Å². The third-order valence-corrected chi connectivity index (χ3v) is 1.99. The van der Waals surface area contributed by atoms with Crippen molar-refractivity contribution < 1.29 is 29.3 Å². The molecule has 0 aliphatic heterocycles. The zero-order valence-corrected chi connectivity index (χ0v) is 9.50. The van der Waals surface area contributed by atoms with Crippen molar-refractivity contribution in [2.45, 2.75) is 19.3 Å². The van der Waals surface area contributed by atoms with Crippen molar-refractivity contribution in [3.63, 3.8) is 0 Å². The van der Waals surface area contributed by atoms with E-state index >= 15 is 0 Å². The average Bonchev–Trinajstić information content (AvgIpc) is 2.36. The summed E-state index contributed by atoms with van der Waals surface area (Å²) in [6.45, 7) is 0. The van der Waals surface area contributed by atoms with Crippen LogP contribution in [0, 0.1) is 0 Å². The maximum absolute atomic E-state index is 11.3. The number of rotatable bonds is 5. The largest absolute Gasteiger partial charge is 0.481 e. The van der Waals surface area contributed by atoms with E-state index in [1.54, 1.807) is 18.2 Å². The third kappa shape index (κ3) is 5.11. The predicted octanol–water partition coefficient (Wildman–Crippen LogP) is 1.56. The number of carboxylic acids is 1. The van der Waals surface area contributed by atoms with Gasteiger partial charge in [0.25, 0.3) is 0 Å². The molecule has 18 heavy (non-hydrogen) atoms. The van der Waals surface area contributed by atoms with Crippen molar-refractivity contribution in [2.24, 2.45) is 0 Å². The molecular formula is C12H12O6. The fraction of sp³-hybridized carbons (Fsp3) is 0.250. The SMILES string of the molecule is O=C(O)CCCC(=O)OOC(=O)c1ccccc1. The summed E-state index contributed by atoms with van der Waals surface area (Å²) in [7, 11) is 0. The quantitative estimate of drug-likeness (QED) is 0.631. The standard InChI is InChI=1S/C12H12O6/c13-10(14)7-4-8-11(15)17-18-12(16)9-5-2-1-3-6-9/h1-3,5-6H,4,7-8H2,(H,13,14). The van der Waals surface area contributed by atoms with Gasteiger partial charge in [-0.2, -0.15) is 0 Å². The van der Waals surface area contributed by atoms with Gasteiger partial charge in [-0.1, -0.05) is 18.2 Å². The Balaban J connectivity index is 2.26. The molecule has 0 fully saturated rings. The van der Waals surface area contributed by atoms with Gasteiger partial charge in [0.15, 0.2) is 0 Å². The average molecular weight is 252 g/mol. The van der Waals surface area contributed by atoms with Gasteiger partial charge in [-0.05, 0) is 18.6 Å². The van der Waals surface area contributed by atoms with Gasteiger partial charge in [0.2, 0.25) is 0 Å². The summed E-state index contributed by atoms with van der Waals surface area (Å²) >= 11 is 0. The topological polar surface area (TPSA) is 89.9 Å². The summed E-state index contributed by atoms with van der Waals surface area (Å²) in [4.78, 5) is 41.2. The number of carbonyl (C=O) groups is 3. The lowest BCUT2D eigenvalue weighted by molar-refractivity contribution is -0.234. The first-order chi connectivity index (χ1) is 8.59. The lowest BCUT2D eigenvalue weighted by Gasteiger charge is -2.02. The van der Waals surface area contributed by atoms with E-state index in [1.165, 1.54) is 12.1 Å². The van der Waals surface area contributed by atoms with Crippen molar-refractivity contribution in [1.82, 2.24) is 0 Å². The van der Waals surface area contributed by atoms with E-state index < -0.39 is 17.9 Å². The van der Waals surface area contributed by atoms with Crippen LogP contribution < -0.4 is 0 Å². The molecule has 0 atom stereocenters. The van der Waals surface area contributed by atoms with E-state index in [2.05, 4.69) is 9.78 Å². The van der Waals surface area contributed by atoms with Crippen LogP contribution in [0.4, 0.5) is 0 Å². The van der Waals surface area contributed by atoms with E-state index in [0.717, 1.165) is 0 Å². The smallest absolute Gasteiger partial charge is 0.386 e. The number of hydrogen-bond donors (Lipinski definition) is 1. The molecular weight excluding hydrogens is 240 g/mol. The highest BCUT2D eigenvalue weighted by Crippen LogP contribution is 2.03. The second-order valence-electron chi connectivity index (χ2n) is 3.44. The molecule has 0 spiro atoms. The van der Waals surface area contributed by atoms with Crippen LogP contribution in [0.5, 0.6) is 0 Å². The summed E-state index contributed by atoms with van der Waals surface area (Å²) in [5.74, 6) is -2.55. The van der Waals surface area contributed by atoms with E-state index in [1.807, 2.05) is 0 Å². The summed E-state index contributed by atoms with van der Waals surface area (Å²) in [6.07, 6.45) is -0.118. The van der Waals surface area contributed by atoms with E-state index in [4.69, 9.17) is 5.11 Å². The molecule has 0 aliphatic carbocycles. The number of carboxylic acid groups (broad SMARTS) is 1. The first-order valence-corrected chi connectivity index (χ1v) is 5.28. The van der Waals surface area contributed by atoms with Crippen molar-refractivity contribution >= 4 is 17.9 Å². The maximum Gasteiger partial charge on any atom is 0.386 e. The Bertz CT molecular complexity index is 425. The Hall–Kier alpha value is -2.37. The number of carbonyl (C=O) groups excluding carboxylic acids is 2. The molecule has 0 aromatic heterocycles. The Morgan fingerprint density at radius 3 is 2.28 bits per heavy atom. The molecule has 1 N–H and O–H groups in total. The van der Waals surface area contributed by atoms with Gasteiger partial charge in [-0.15, -0.1) is 0 Å². The lowest BCUT2D eigenvalue weighted by atomic mass is 10.2. The number of hydrogen-bond acceptors (Lipinski definition) is 5. The normalized spacial score (nSPS) is 9.56. The minimum Gasteiger partial charge on any atom is -0.481 e. The molecule has 6 heteroatoms. The molecule has 6 nitrogen and oxygen atoms in total. The molecule has 0 saturated carbocycles. The number of aliphatic carboxylic acids is 1. The summed E-state index contributed by atoms with van der Waals surface area (Å²) < 4.78 is 0. The van der Waals surface area contributed by atoms with Gasteiger partial charge in [0.1, 0.15) is 0 Å². The first-order valence-electron chi connectivity index (χ1n) is 5.28. The lowest BCUT2D eigenvalue weighted by Crippen LogP contribution is -2.11. The second kappa shape index (κ2) is 7.05. The highest BCUT2D eigenvalue weighted by molar-refractivity contribution is 5.89. The molecule has 0 radical (unpaired) electrons. The maximum atomic E-state index is 11.3. The molecule has 96 valence electrons. The highest BCUT2D eigenvalue weighted by atomic mass is 17.2. The van der Waals surface area contributed by atoms with Crippen LogP contribution in [0.1, 0.15) is 29.6 Å². The first kappa shape index (κ1) is 13.7. The molecule has 0 heterocycles. The zero-order valence-electron chi connectivity index (χ0n) is 9.50. The Kier molecular flexibility index (Phi) is 5.37. The summed E-state index contributed by atoms with van der Waals surface area (Å²) in [5.41, 5.74) is 0.260. The molecule has 0 aliphatic rings. The Labute approximate surface area is 103 Å². The van der Waals surface area contributed by atoms with Crippen molar-refractivity contribution in [3.05, 3.63) is 35.9 Å². The van der Waals surface area contributed by atoms with Gasteiger partial charge >= 0.3 is 17.9 Å². The van der Waals surface area contributed by atoms with Crippen LogP contribution in [0.25, 0.3) is 0 Å². The van der Waals surface area contributed by atoms with Gasteiger partial charge < -0.3 is 5.11 Å². The molecule has 0 amide bonds. The van der Waals surface area contributed by atoms with Crippen LogP contribution in [-0.2, 0) is 19.4 Å². The summed E-state index contributed by atoms with van der Waals surface area (Å²) in [6, 6.07) is 8.05. The van der Waals surface area contributed by atoms with Gasteiger partial charge in [0.05, 0.1) is 12.0 Å². The van der Waals surface area contributed by atoms with E-state index in [9.17, 15) is 14.4 Å². The predicted molar refractivity (Wildman–Crippen MR) is 59.4 cm³/mol. The van der Waals surface area contributed by atoms with E-state index in [0.29, 0.717) is 0 Å². The van der Waals surface area contributed by atoms with Crippen LogP contribution in [-0.4, -0.2) is 23.0 Å². The Morgan fingerprint density at radius 2 is 1.67 bits per heavy atom.